The zero-order valence-electron chi connectivity index (χ0n) is 14.6. The zero-order chi connectivity index (χ0) is 19.0. The molecule has 0 aliphatic carbocycles. The molecule has 2 N–H and O–H groups in total. The average Bonchev–Trinajstić information content (AvgIpc) is 3.32. The average molecular weight is 384 g/mol. The van der Waals surface area contributed by atoms with Gasteiger partial charge in [-0.25, -0.2) is 4.79 Å². The molecule has 2 aliphatic rings. The summed E-state index contributed by atoms with van der Waals surface area (Å²) in [4.78, 5) is 39.8. The molecule has 0 spiro atoms. The van der Waals surface area contributed by atoms with E-state index in [4.69, 9.17) is 0 Å². The predicted octanol–water partition coefficient (Wildman–Crippen LogP) is 2.75. The number of carboxylic acids is 1. The molecule has 4 rings (SSSR count). The number of hydrogen-bond acceptors (Lipinski definition) is 4. The lowest BCUT2D eigenvalue weighted by atomic mass is 9.98. The summed E-state index contributed by atoms with van der Waals surface area (Å²) in [5.41, 5.74) is 1.04. The third kappa shape index (κ3) is 3.35. The molecule has 1 aromatic carbocycles. The van der Waals surface area contributed by atoms with Gasteiger partial charge in [0.15, 0.2) is 0 Å². The van der Waals surface area contributed by atoms with Gasteiger partial charge in [-0.05, 0) is 43.4 Å². The molecule has 0 saturated carbocycles. The molecular weight excluding hydrogens is 364 g/mol. The van der Waals surface area contributed by atoms with Crippen LogP contribution in [0.4, 0.5) is 0 Å². The lowest BCUT2D eigenvalue weighted by Gasteiger charge is -2.36. The van der Waals surface area contributed by atoms with Crippen LogP contribution in [-0.2, 0) is 9.59 Å². The van der Waals surface area contributed by atoms with Gasteiger partial charge in [0.2, 0.25) is 5.91 Å². The van der Waals surface area contributed by atoms with E-state index in [1.54, 1.807) is 6.07 Å². The zero-order valence-corrected chi connectivity index (χ0v) is 15.4. The van der Waals surface area contributed by atoms with Gasteiger partial charge in [-0.3, -0.25) is 9.59 Å². The van der Waals surface area contributed by atoms with Crippen LogP contribution in [-0.4, -0.2) is 45.9 Å². The number of rotatable bonds is 4. The van der Waals surface area contributed by atoms with Crippen molar-refractivity contribution in [3.8, 4) is 10.4 Å². The molecule has 1 aromatic heterocycles. The largest absolute Gasteiger partial charge is 0.480 e. The maximum absolute atomic E-state index is 12.8. The number of hydrogen-bond donors (Lipinski definition) is 2. The molecule has 0 radical (unpaired) electrons. The Morgan fingerprint density at radius 1 is 1.04 bits per heavy atom. The highest BCUT2D eigenvalue weighted by Gasteiger charge is 2.46. The van der Waals surface area contributed by atoms with Gasteiger partial charge in [0.1, 0.15) is 12.1 Å². The fourth-order valence-electron chi connectivity index (χ4n) is 3.99. The first-order chi connectivity index (χ1) is 13.0. The van der Waals surface area contributed by atoms with Crippen molar-refractivity contribution in [1.82, 2.24) is 10.2 Å². The minimum absolute atomic E-state index is 0.0156. The van der Waals surface area contributed by atoms with Gasteiger partial charge in [-0.1, -0.05) is 30.3 Å². The first-order valence-corrected chi connectivity index (χ1v) is 9.87. The summed E-state index contributed by atoms with van der Waals surface area (Å²) in [5, 5.41) is 12.2. The second-order valence-corrected chi connectivity index (χ2v) is 8.05. The maximum atomic E-state index is 12.8. The van der Waals surface area contributed by atoms with Crippen molar-refractivity contribution in [3.63, 3.8) is 0 Å². The van der Waals surface area contributed by atoms with Gasteiger partial charge in [-0.2, -0.15) is 0 Å². The van der Waals surface area contributed by atoms with Gasteiger partial charge in [0.05, 0.1) is 4.88 Å². The van der Waals surface area contributed by atoms with Crippen LogP contribution in [0.25, 0.3) is 10.4 Å². The second kappa shape index (κ2) is 7.15. The smallest absolute Gasteiger partial charge is 0.326 e. The van der Waals surface area contributed by atoms with E-state index in [-0.39, 0.29) is 17.9 Å². The highest BCUT2D eigenvalue weighted by atomic mass is 32.1. The lowest BCUT2D eigenvalue weighted by Crippen LogP contribution is -2.57. The minimum atomic E-state index is -0.969. The summed E-state index contributed by atoms with van der Waals surface area (Å²) in [5.74, 6) is -1.53. The minimum Gasteiger partial charge on any atom is -0.480 e. The Bertz CT molecular complexity index is 879. The van der Waals surface area contributed by atoms with Crippen molar-refractivity contribution in [2.75, 3.05) is 0 Å². The maximum Gasteiger partial charge on any atom is 0.326 e. The summed E-state index contributed by atoms with van der Waals surface area (Å²) in [6.07, 6.45) is 2.47. The van der Waals surface area contributed by atoms with Crippen molar-refractivity contribution in [3.05, 3.63) is 47.3 Å². The van der Waals surface area contributed by atoms with Crippen molar-refractivity contribution >= 4 is 29.1 Å². The topological polar surface area (TPSA) is 86.7 Å². The lowest BCUT2D eigenvalue weighted by molar-refractivity contribution is -0.152. The SMILES string of the molecule is O=C(N[C@@H]1CC[C@H]2CC[C@@H](C(=O)O)N2C1=O)c1ccc(-c2ccccc2)s1. The van der Waals surface area contributed by atoms with E-state index in [2.05, 4.69) is 5.32 Å². The van der Waals surface area contributed by atoms with Crippen LogP contribution in [0.15, 0.2) is 42.5 Å². The summed E-state index contributed by atoms with van der Waals surface area (Å²) in [6.45, 7) is 0. The van der Waals surface area contributed by atoms with E-state index in [0.717, 1.165) is 16.9 Å². The number of nitrogens with one attached hydrogen (secondary N) is 1. The van der Waals surface area contributed by atoms with Crippen LogP contribution in [0.1, 0.15) is 35.4 Å². The molecular formula is C20H20N2O4S. The number of carbonyl (C=O) groups excluding carboxylic acids is 2. The van der Waals surface area contributed by atoms with Crippen molar-refractivity contribution in [2.45, 2.75) is 43.8 Å². The number of piperidine rings is 1. The van der Waals surface area contributed by atoms with Gasteiger partial charge in [0.25, 0.3) is 5.91 Å². The van der Waals surface area contributed by atoms with Crippen molar-refractivity contribution in [2.24, 2.45) is 0 Å². The van der Waals surface area contributed by atoms with Crippen LogP contribution in [0, 0.1) is 0 Å². The van der Waals surface area contributed by atoms with Gasteiger partial charge >= 0.3 is 5.97 Å². The fourth-order valence-corrected chi connectivity index (χ4v) is 4.90. The number of aliphatic carboxylic acids is 1. The van der Waals surface area contributed by atoms with Crippen LogP contribution in [0.5, 0.6) is 0 Å². The molecule has 2 saturated heterocycles. The summed E-state index contributed by atoms with van der Waals surface area (Å²) in [6, 6.07) is 12.0. The first-order valence-electron chi connectivity index (χ1n) is 9.05. The number of carbonyl (C=O) groups is 3. The molecule has 140 valence electrons. The van der Waals surface area contributed by atoms with E-state index in [0.29, 0.717) is 24.1 Å². The molecule has 27 heavy (non-hydrogen) atoms. The Hall–Kier alpha value is -2.67. The van der Waals surface area contributed by atoms with E-state index in [9.17, 15) is 19.5 Å². The Morgan fingerprint density at radius 2 is 1.78 bits per heavy atom. The highest BCUT2D eigenvalue weighted by molar-refractivity contribution is 7.17. The van der Waals surface area contributed by atoms with E-state index < -0.39 is 18.1 Å². The quantitative estimate of drug-likeness (QED) is 0.849. The molecule has 7 heteroatoms. The summed E-state index contributed by atoms with van der Waals surface area (Å²) < 4.78 is 0. The summed E-state index contributed by atoms with van der Waals surface area (Å²) in [7, 11) is 0. The molecule has 2 aromatic rings. The van der Waals surface area contributed by atoms with E-state index in [1.807, 2.05) is 36.4 Å². The van der Waals surface area contributed by atoms with Crippen LogP contribution >= 0.6 is 11.3 Å². The molecule has 2 aliphatic heterocycles. The molecule has 0 bridgehead atoms. The Morgan fingerprint density at radius 3 is 2.52 bits per heavy atom. The van der Waals surface area contributed by atoms with E-state index >= 15 is 0 Å². The van der Waals surface area contributed by atoms with Gasteiger partial charge in [0, 0.05) is 10.9 Å². The number of nitrogens with zero attached hydrogens (tertiary/aromatic N) is 1. The standard InChI is InChI=1S/C20H20N2O4S/c23-18(17-11-10-16(27-17)12-4-2-1-3-5-12)21-14-8-6-13-7-9-15(20(25)26)22(13)19(14)24/h1-5,10-11,13-15H,6-9H2,(H,21,23)(H,25,26)/t13-,14+,15-/m0/s1. The molecule has 3 atom stereocenters. The van der Waals surface area contributed by atoms with Crippen molar-refractivity contribution in [1.29, 1.82) is 0 Å². The Labute approximate surface area is 160 Å². The Kier molecular flexibility index (Phi) is 4.70. The van der Waals surface area contributed by atoms with E-state index in [1.165, 1.54) is 16.2 Å². The van der Waals surface area contributed by atoms with Crippen LogP contribution in [0.3, 0.4) is 0 Å². The second-order valence-electron chi connectivity index (χ2n) is 6.96. The predicted molar refractivity (Wildman–Crippen MR) is 102 cm³/mol. The van der Waals surface area contributed by atoms with Crippen molar-refractivity contribution < 1.29 is 19.5 Å². The monoisotopic (exact) mass is 384 g/mol. The fraction of sp³-hybridized carbons (Fsp3) is 0.350. The normalized spacial score (nSPS) is 24.5. The third-order valence-electron chi connectivity index (χ3n) is 5.32. The molecule has 3 heterocycles. The first kappa shape index (κ1) is 17.7. The van der Waals surface area contributed by atoms with Crippen LogP contribution < -0.4 is 5.32 Å². The third-order valence-corrected chi connectivity index (χ3v) is 6.46. The molecule has 2 fully saturated rings. The molecule has 2 amide bonds. The number of carboxylic acid groups (broad SMARTS) is 1. The van der Waals surface area contributed by atoms with Gasteiger partial charge in [-0.15, -0.1) is 11.3 Å². The number of fused-ring (bicyclic) bond motifs is 1. The highest BCUT2D eigenvalue weighted by Crippen LogP contribution is 2.33. The van der Waals surface area contributed by atoms with Crippen LogP contribution in [0.2, 0.25) is 0 Å². The number of benzene rings is 1. The van der Waals surface area contributed by atoms with Gasteiger partial charge < -0.3 is 15.3 Å². The Balaban J connectivity index is 1.46. The number of amides is 2. The summed E-state index contributed by atoms with van der Waals surface area (Å²) >= 11 is 1.38. The molecule has 6 nitrogen and oxygen atoms in total. The molecule has 0 unspecified atom stereocenters. The number of thiophene rings is 1.